The molecule has 30 heavy (non-hydrogen) atoms. The number of carbonyl (C=O) groups excluding carboxylic acids is 1. The smallest absolute Gasteiger partial charge is 0.251 e. The van der Waals surface area contributed by atoms with Gasteiger partial charge in [-0.15, -0.1) is 0 Å². The third kappa shape index (κ3) is 4.89. The lowest BCUT2D eigenvalue weighted by molar-refractivity contribution is 0.0941. The maximum absolute atomic E-state index is 12.7. The first-order chi connectivity index (χ1) is 14.5. The summed E-state index contributed by atoms with van der Waals surface area (Å²) in [7, 11) is -3.04. The van der Waals surface area contributed by atoms with Crippen molar-refractivity contribution in [2.24, 2.45) is 0 Å². The minimum absolute atomic E-state index is 0.0147. The average molecular weight is 421 g/mol. The van der Waals surface area contributed by atoms with Gasteiger partial charge in [0.25, 0.3) is 5.91 Å². The summed E-state index contributed by atoms with van der Waals surface area (Å²) in [6.45, 7) is 0. The summed E-state index contributed by atoms with van der Waals surface area (Å²) in [6, 6.07) is 27.2. The molecule has 5 nitrogen and oxygen atoms in total. The van der Waals surface area contributed by atoms with Crippen LogP contribution in [0.2, 0.25) is 0 Å². The van der Waals surface area contributed by atoms with Gasteiger partial charge in [0.05, 0.1) is 17.5 Å². The van der Waals surface area contributed by atoms with Crippen LogP contribution in [0.15, 0.2) is 84.9 Å². The van der Waals surface area contributed by atoms with Crippen molar-refractivity contribution in [3.63, 3.8) is 0 Å². The van der Waals surface area contributed by atoms with Gasteiger partial charge in [-0.05, 0) is 35.7 Å². The Hall–Kier alpha value is -3.12. The Morgan fingerprint density at radius 3 is 2.07 bits per heavy atom. The van der Waals surface area contributed by atoms with Crippen LogP contribution in [-0.4, -0.2) is 31.9 Å². The maximum Gasteiger partial charge on any atom is 0.251 e. The van der Waals surface area contributed by atoms with E-state index in [2.05, 4.69) is 34.9 Å². The van der Waals surface area contributed by atoms with Gasteiger partial charge >= 0.3 is 0 Å². The van der Waals surface area contributed by atoms with E-state index in [1.807, 2.05) is 48.5 Å². The molecule has 6 heteroatoms. The molecule has 1 aliphatic heterocycles. The molecular weight excluding hydrogens is 396 g/mol. The fourth-order valence-electron chi connectivity index (χ4n) is 3.74. The van der Waals surface area contributed by atoms with Crippen LogP contribution in [-0.2, 0) is 9.84 Å². The van der Waals surface area contributed by atoms with Crippen LogP contribution in [0, 0.1) is 0 Å². The van der Waals surface area contributed by atoms with E-state index in [-0.39, 0.29) is 29.5 Å². The van der Waals surface area contributed by atoms with Crippen molar-refractivity contribution < 1.29 is 13.2 Å². The fraction of sp³-hybridized carbons (Fsp3) is 0.208. The second kappa shape index (κ2) is 8.71. The van der Waals surface area contributed by atoms with Gasteiger partial charge in [-0.1, -0.05) is 66.7 Å². The molecule has 3 aromatic carbocycles. The summed E-state index contributed by atoms with van der Waals surface area (Å²) in [5.41, 5.74) is 3.56. The molecule has 4 rings (SSSR count). The molecule has 1 heterocycles. The SMILES string of the molecule is O=C(N[C@H]1CCS(=O)(=O)C1)c1cccc(NC(c2ccccc2)c2ccccc2)c1. The van der Waals surface area contributed by atoms with E-state index in [4.69, 9.17) is 0 Å². The predicted octanol–water partition coefficient (Wildman–Crippen LogP) is 3.81. The first kappa shape index (κ1) is 20.2. The van der Waals surface area contributed by atoms with Crippen molar-refractivity contribution in [1.82, 2.24) is 5.32 Å². The number of amides is 1. The Kier molecular flexibility index (Phi) is 5.86. The summed E-state index contributed by atoms with van der Waals surface area (Å²) in [4.78, 5) is 12.7. The average Bonchev–Trinajstić information content (AvgIpc) is 3.11. The number of nitrogens with one attached hydrogen (secondary N) is 2. The minimum atomic E-state index is -3.04. The molecule has 0 radical (unpaired) electrons. The molecular formula is C24H24N2O3S. The van der Waals surface area contributed by atoms with Gasteiger partial charge in [0.2, 0.25) is 0 Å². The van der Waals surface area contributed by atoms with E-state index in [0.29, 0.717) is 12.0 Å². The van der Waals surface area contributed by atoms with Gasteiger partial charge in [0.1, 0.15) is 0 Å². The van der Waals surface area contributed by atoms with Crippen molar-refractivity contribution in [3.05, 3.63) is 102 Å². The third-order valence-corrected chi connectivity index (χ3v) is 7.04. The fourth-order valence-corrected chi connectivity index (χ4v) is 5.42. The highest BCUT2D eigenvalue weighted by atomic mass is 32.2. The highest BCUT2D eigenvalue weighted by molar-refractivity contribution is 7.91. The van der Waals surface area contributed by atoms with Crippen LogP contribution >= 0.6 is 0 Å². The number of hydrogen-bond donors (Lipinski definition) is 2. The molecule has 0 saturated carbocycles. The van der Waals surface area contributed by atoms with E-state index >= 15 is 0 Å². The Bertz CT molecular complexity index is 1080. The standard InChI is InChI=1S/C24H24N2O3S/c27-24(26-22-14-15-30(28,29)17-22)20-12-7-13-21(16-20)25-23(18-8-3-1-4-9-18)19-10-5-2-6-11-19/h1-13,16,22-23,25H,14-15,17H2,(H,26,27)/t22-/m0/s1. The Balaban J connectivity index is 1.54. The Morgan fingerprint density at radius 1 is 0.867 bits per heavy atom. The molecule has 3 aromatic rings. The Labute approximate surface area is 177 Å². The van der Waals surface area contributed by atoms with Crippen LogP contribution in [0.25, 0.3) is 0 Å². The van der Waals surface area contributed by atoms with Gasteiger partial charge in [0.15, 0.2) is 9.84 Å². The molecule has 1 atom stereocenters. The van der Waals surface area contributed by atoms with Crippen molar-refractivity contribution in [2.45, 2.75) is 18.5 Å². The monoisotopic (exact) mass is 420 g/mol. The van der Waals surface area contributed by atoms with E-state index in [0.717, 1.165) is 16.8 Å². The van der Waals surface area contributed by atoms with Gasteiger partial charge in [-0.2, -0.15) is 0 Å². The first-order valence-electron chi connectivity index (χ1n) is 9.98. The zero-order valence-corrected chi connectivity index (χ0v) is 17.3. The molecule has 0 aromatic heterocycles. The van der Waals surface area contributed by atoms with Crippen LogP contribution in [0.3, 0.4) is 0 Å². The van der Waals surface area contributed by atoms with Crippen LogP contribution in [0.1, 0.15) is 33.9 Å². The topological polar surface area (TPSA) is 75.3 Å². The van der Waals surface area contributed by atoms with E-state index < -0.39 is 9.84 Å². The van der Waals surface area contributed by atoms with Gasteiger partial charge in [0, 0.05) is 17.3 Å². The summed E-state index contributed by atoms with van der Waals surface area (Å²) < 4.78 is 23.3. The summed E-state index contributed by atoms with van der Waals surface area (Å²) in [5.74, 6) is -0.104. The summed E-state index contributed by atoms with van der Waals surface area (Å²) in [6.07, 6.45) is 0.468. The molecule has 1 saturated heterocycles. The molecule has 1 fully saturated rings. The molecule has 0 unspecified atom stereocenters. The van der Waals surface area contributed by atoms with E-state index in [1.165, 1.54) is 0 Å². The quantitative estimate of drug-likeness (QED) is 0.636. The lowest BCUT2D eigenvalue weighted by Gasteiger charge is -2.21. The number of benzene rings is 3. The molecule has 154 valence electrons. The van der Waals surface area contributed by atoms with Crippen LogP contribution in [0.4, 0.5) is 5.69 Å². The summed E-state index contributed by atoms with van der Waals surface area (Å²) in [5, 5.41) is 6.39. The zero-order valence-electron chi connectivity index (χ0n) is 16.5. The van der Waals surface area contributed by atoms with Crippen LogP contribution in [0.5, 0.6) is 0 Å². The van der Waals surface area contributed by atoms with E-state index in [9.17, 15) is 13.2 Å². The first-order valence-corrected chi connectivity index (χ1v) is 11.8. The predicted molar refractivity (Wildman–Crippen MR) is 119 cm³/mol. The van der Waals surface area contributed by atoms with E-state index in [1.54, 1.807) is 12.1 Å². The summed E-state index contributed by atoms with van der Waals surface area (Å²) >= 11 is 0. The number of sulfone groups is 1. The maximum atomic E-state index is 12.7. The molecule has 2 N–H and O–H groups in total. The lowest BCUT2D eigenvalue weighted by atomic mass is 9.98. The van der Waals surface area contributed by atoms with Crippen molar-refractivity contribution >= 4 is 21.4 Å². The normalized spacial score (nSPS) is 17.6. The molecule has 0 spiro atoms. The lowest BCUT2D eigenvalue weighted by Crippen LogP contribution is -2.35. The molecule has 1 aliphatic rings. The second-order valence-corrected chi connectivity index (χ2v) is 9.78. The van der Waals surface area contributed by atoms with Crippen LogP contribution < -0.4 is 10.6 Å². The largest absolute Gasteiger partial charge is 0.374 e. The highest BCUT2D eigenvalue weighted by Crippen LogP contribution is 2.27. The van der Waals surface area contributed by atoms with Crippen molar-refractivity contribution in [3.8, 4) is 0 Å². The molecule has 0 bridgehead atoms. The number of hydrogen-bond acceptors (Lipinski definition) is 4. The molecule has 1 amide bonds. The van der Waals surface area contributed by atoms with Crippen molar-refractivity contribution in [1.29, 1.82) is 0 Å². The number of carbonyl (C=O) groups is 1. The van der Waals surface area contributed by atoms with Gasteiger partial charge in [-0.25, -0.2) is 8.42 Å². The molecule has 0 aliphatic carbocycles. The highest BCUT2D eigenvalue weighted by Gasteiger charge is 2.29. The minimum Gasteiger partial charge on any atom is -0.374 e. The Morgan fingerprint density at radius 2 is 1.50 bits per heavy atom. The van der Waals surface area contributed by atoms with Crippen molar-refractivity contribution in [2.75, 3.05) is 16.8 Å². The van der Waals surface area contributed by atoms with Gasteiger partial charge < -0.3 is 10.6 Å². The number of rotatable bonds is 6. The number of anilines is 1. The third-order valence-electron chi connectivity index (χ3n) is 5.27. The zero-order chi connectivity index (χ0) is 21.0. The van der Waals surface area contributed by atoms with Gasteiger partial charge in [-0.3, -0.25) is 4.79 Å². The second-order valence-electron chi connectivity index (χ2n) is 7.55.